The number of anilines is 1. The third-order valence-electron chi connectivity index (χ3n) is 4.97. The highest BCUT2D eigenvalue weighted by atomic mass is 35.5. The summed E-state index contributed by atoms with van der Waals surface area (Å²) in [5.41, 5.74) is -0.282. The Balaban J connectivity index is 1.69. The summed E-state index contributed by atoms with van der Waals surface area (Å²) in [5, 5.41) is 12.6. The van der Waals surface area contributed by atoms with Crippen LogP contribution in [0.3, 0.4) is 0 Å². The molecule has 2 aromatic rings. The first-order chi connectivity index (χ1) is 13.2. The summed E-state index contributed by atoms with van der Waals surface area (Å²) in [6.07, 6.45) is -3.36. The maximum atomic E-state index is 13.0. The minimum absolute atomic E-state index is 0.224. The van der Waals surface area contributed by atoms with E-state index in [1.165, 1.54) is 12.1 Å². The number of halogens is 4. The number of hydrogen-bond acceptors (Lipinski definition) is 2. The van der Waals surface area contributed by atoms with Crippen LogP contribution in [0, 0.1) is 11.3 Å². The van der Waals surface area contributed by atoms with Crippen molar-refractivity contribution < 1.29 is 13.2 Å². The van der Waals surface area contributed by atoms with Crippen LogP contribution in [0.15, 0.2) is 48.5 Å². The summed E-state index contributed by atoms with van der Waals surface area (Å²) in [6, 6.07) is 15.7. The molecule has 3 nitrogen and oxygen atoms in total. The van der Waals surface area contributed by atoms with E-state index in [-0.39, 0.29) is 10.7 Å². The van der Waals surface area contributed by atoms with Crippen LogP contribution in [0.5, 0.6) is 0 Å². The molecule has 1 N–H and O–H groups in total. The van der Waals surface area contributed by atoms with E-state index in [1.54, 1.807) is 0 Å². The number of hydrogen-bond donors (Lipinski definition) is 1. The summed E-state index contributed by atoms with van der Waals surface area (Å²) in [5.74, 6) is 0. The summed E-state index contributed by atoms with van der Waals surface area (Å²) >= 11 is 11.0. The highest BCUT2D eigenvalue weighted by molar-refractivity contribution is 7.80. The van der Waals surface area contributed by atoms with E-state index in [4.69, 9.17) is 23.8 Å². The molecule has 0 saturated carbocycles. The summed E-state index contributed by atoms with van der Waals surface area (Å²) in [4.78, 5) is 1.87. The van der Waals surface area contributed by atoms with E-state index in [0.29, 0.717) is 31.0 Å². The molecule has 1 heterocycles. The van der Waals surface area contributed by atoms with Gasteiger partial charge in [-0.3, -0.25) is 0 Å². The third-order valence-corrected chi connectivity index (χ3v) is 5.66. The molecule has 8 heteroatoms. The Kier molecular flexibility index (Phi) is 5.82. The van der Waals surface area contributed by atoms with Crippen molar-refractivity contribution in [2.24, 2.45) is 0 Å². The molecule has 28 heavy (non-hydrogen) atoms. The van der Waals surface area contributed by atoms with E-state index in [1.807, 2.05) is 35.2 Å². The molecule has 1 aliphatic rings. The van der Waals surface area contributed by atoms with Gasteiger partial charge in [0, 0.05) is 18.8 Å². The number of nitriles is 1. The van der Waals surface area contributed by atoms with Gasteiger partial charge in [0.25, 0.3) is 0 Å². The summed E-state index contributed by atoms with van der Waals surface area (Å²) in [7, 11) is 0. The molecular formula is C20H17ClF3N3S. The van der Waals surface area contributed by atoms with Crippen LogP contribution in [-0.4, -0.2) is 23.1 Å². The van der Waals surface area contributed by atoms with E-state index in [9.17, 15) is 18.4 Å². The summed E-state index contributed by atoms with van der Waals surface area (Å²) in [6.45, 7) is 1.07. The molecule has 0 aliphatic carbocycles. The maximum absolute atomic E-state index is 13.0. The molecule has 146 valence electrons. The zero-order valence-electron chi connectivity index (χ0n) is 14.8. The summed E-state index contributed by atoms with van der Waals surface area (Å²) < 4.78 is 39.1. The van der Waals surface area contributed by atoms with Crippen LogP contribution in [0.1, 0.15) is 24.0 Å². The number of nitrogens with zero attached hydrogens (tertiary/aromatic N) is 2. The van der Waals surface area contributed by atoms with Crippen molar-refractivity contribution >= 4 is 34.6 Å². The lowest BCUT2D eigenvalue weighted by Crippen LogP contribution is -2.46. The van der Waals surface area contributed by atoms with E-state index in [0.717, 1.165) is 11.6 Å². The molecule has 0 bridgehead atoms. The zero-order valence-corrected chi connectivity index (χ0v) is 16.3. The first-order valence-electron chi connectivity index (χ1n) is 8.65. The standard InChI is InChI=1S/C20H17ClF3N3S/c21-17-7-6-15(12-16(17)20(22,23)24)26-18(28)27-10-8-19(13-25,9-11-27)14-4-2-1-3-5-14/h1-7,12H,8-11H2,(H,26,28). The van der Waals surface area contributed by atoms with Gasteiger partial charge in [0.1, 0.15) is 0 Å². The predicted molar refractivity (Wildman–Crippen MR) is 107 cm³/mol. The van der Waals surface area contributed by atoms with Crippen molar-refractivity contribution in [2.75, 3.05) is 18.4 Å². The molecule has 2 aromatic carbocycles. The maximum Gasteiger partial charge on any atom is 0.417 e. The van der Waals surface area contributed by atoms with Crippen LogP contribution in [0.2, 0.25) is 5.02 Å². The van der Waals surface area contributed by atoms with E-state index >= 15 is 0 Å². The quantitative estimate of drug-likeness (QED) is 0.637. The third kappa shape index (κ3) is 4.23. The number of likely N-dealkylation sites (tertiary alicyclic amines) is 1. The lowest BCUT2D eigenvalue weighted by molar-refractivity contribution is -0.137. The van der Waals surface area contributed by atoms with Crippen LogP contribution < -0.4 is 5.32 Å². The van der Waals surface area contributed by atoms with Crippen LogP contribution in [0.25, 0.3) is 0 Å². The highest BCUT2D eigenvalue weighted by Crippen LogP contribution is 2.37. The molecule has 0 unspecified atom stereocenters. The highest BCUT2D eigenvalue weighted by Gasteiger charge is 2.37. The van der Waals surface area contributed by atoms with Gasteiger partial charge in [-0.1, -0.05) is 41.9 Å². The average Bonchev–Trinajstić information content (AvgIpc) is 2.69. The monoisotopic (exact) mass is 423 g/mol. The van der Waals surface area contributed by atoms with Gasteiger partial charge in [-0.05, 0) is 48.8 Å². The van der Waals surface area contributed by atoms with Gasteiger partial charge in [-0.2, -0.15) is 18.4 Å². The minimum Gasteiger partial charge on any atom is -0.349 e. The van der Waals surface area contributed by atoms with Crippen LogP contribution in [-0.2, 0) is 11.6 Å². The molecule has 3 rings (SSSR count). The Morgan fingerprint density at radius 1 is 1.14 bits per heavy atom. The smallest absolute Gasteiger partial charge is 0.349 e. The first-order valence-corrected chi connectivity index (χ1v) is 9.43. The second-order valence-electron chi connectivity index (χ2n) is 6.67. The van der Waals surface area contributed by atoms with Crippen molar-refractivity contribution in [2.45, 2.75) is 24.4 Å². The number of thiocarbonyl (C=S) groups is 1. The number of benzene rings is 2. The van der Waals surface area contributed by atoms with E-state index in [2.05, 4.69) is 11.4 Å². The lowest BCUT2D eigenvalue weighted by atomic mass is 9.74. The van der Waals surface area contributed by atoms with Gasteiger partial charge in [-0.25, -0.2) is 0 Å². The van der Waals surface area contributed by atoms with Crippen molar-refractivity contribution in [3.05, 3.63) is 64.7 Å². The van der Waals surface area contributed by atoms with Gasteiger partial charge in [0.2, 0.25) is 0 Å². The fourth-order valence-corrected chi connectivity index (χ4v) is 3.86. The first kappa shape index (κ1) is 20.4. The second kappa shape index (κ2) is 7.98. The Labute approximate surface area is 171 Å². The topological polar surface area (TPSA) is 39.1 Å². The van der Waals surface area contributed by atoms with Gasteiger partial charge < -0.3 is 10.2 Å². The molecule has 0 radical (unpaired) electrons. The second-order valence-corrected chi connectivity index (χ2v) is 7.46. The number of nitrogens with one attached hydrogen (secondary N) is 1. The normalized spacial score (nSPS) is 16.3. The minimum atomic E-state index is -4.54. The van der Waals surface area contributed by atoms with Crippen molar-refractivity contribution in [3.63, 3.8) is 0 Å². The zero-order chi connectivity index (χ0) is 20.4. The van der Waals surface area contributed by atoms with Crippen molar-refractivity contribution in [1.29, 1.82) is 5.26 Å². The lowest BCUT2D eigenvalue weighted by Gasteiger charge is -2.38. The molecular weight excluding hydrogens is 407 g/mol. The average molecular weight is 424 g/mol. The Morgan fingerprint density at radius 3 is 2.36 bits per heavy atom. The fraction of sp³-hybridized carbons (Fsp3) is 0.300. The van der Waals surface area contributed by atoms with Gasteiger partial charge >= 0.3 is 6.18 Å². The van der Waals surface area contributed by atoms with Crippen LogP contribution in [0.4, 0.5) is 18.9 Å². The van der Waals surface area contributed by atoms with Crippen molar-refractivity contribution in [1.82, 2.24) is 4.90 Å². The van der Waals surface area contributed by atoms with Crippen molar-refractivity contribution in [3.8, 4) is 6.07 Å². The number of alkyl halides is 3. The molecule has 0 aromatic heterocycles. The molecule has 1 aliphatic heterocycles. The largest absolute Gasteiger partial charge is 0.417 e. The van der Waals surface area contributed by atoms with Gasteiger partial charge in [0.05, 0.1) is 22.1 Å². The number of piperidine rings is 1. The predicted octanol–water partition coefficient (Wildman–Crippen LogP) is 5.61. The molecule has 0 amide bonds. The number of rotatable bonds is 2. The van der Waals surface area contributed by atoms with Gasteiger partial charge in [0.15, 0.2) is 5.11 Å². The Bertz CT molecular complexity index is 901. The molecule has 0 spiro atoms. The fourth-order valence-electron chi connectivity index (χ4n) is 3.34. The van der Waals surface area contributed by atoms with Crippen LogP contribution >= 0.6 is 23.8 Å². The Morgan fingerprint density at radius 2 is 1.79 bits per heavy atom. The molecule has 1 fully saturated rings. The molecule has 0 atom stereocenters. The van der Waals surface area contributed by atoms with Gasteiger partial charge in [-0.15, -0.1) is 0 Å². The Hall–Kier alpha value is -2.30. The SMILES string of the molecule is N#CC1(c2ccccc2)CCN(C(=S)Nc2ccc(Cl)c(C(F)(F)F)c2)CC1. The van der Waals surface area contributed by atoms with E-state index < -0.39 is 17.2 Å². The molecule has 1 saturated heterocycles.